The average molecular weight is 428 g/mol. The quantitative estimate of drug-likeness (QED) is 0.444. The van der Waals surface area contributed by atoms with Crippen LogP contribution in [-0.2, 0) is 13.2 Å². The molecular weight excluding hydrogens is 402 g/mol. The van der Waals surface area contributed by atoms with Crippen LogP contribution in [0, 0.1) is 20.8 Å². The number of benzene rings is 2. The van der Waals surface area contributed by atoms with E-state index in [0.717, 1.165) is 22.6 Å². The molecule has 6 heteroatoms. The number of aromatic nitrogens is 2. The van der Waals surface area contributed by atoms with Gasteiger partial charge >= 0.3 is 0 Å². The number of carbonyl (C=O) groups is 1. The van der Waals surface area contributed by atoms with Crippen LogP contribution < -0.4 is 10.2 Å². The van der Waals surface area contributed by atoms with E-state index in [1.807, 2.05) is 48.9 Å². The van der Waals surface area contributed by atoms with Gasteiger partial charge in [0, 0.05) is 18.3 Å². The molecular formula is C26H25N3O3. The van der Waals surface area contributed by atoms with Gasteiger partial charge in [0.1, 0.15) is 23.6 Å². The summed E-state index contributed by atoms with van der Waals surface area (Å²) in [7, 11) is 0. The Morgan fingerprint density at radius 1 is 1.03 bits per heavy atom. The third kappa shape index (κ3) is 5.03. The summed E-state index contributed by atoms with van der Waals surface area (Å²) < 4.78 is 13.0. The second-order valence-corrected chi connectivity index (χ2v) is 7.71. The standard InChI is InChI=1S/C26H25N3O3/c1-18-10-12-21(13-11-18)16-29-14-5-4-9-25(29)27-26(30)22-7-6-8-23(15-22)31-17-24-19(2)28-32-20(24)3/h4-15H,16-17H2,1-3H3. The van der Waals surface area contributed by atoms with Gasteiger partial charge in [0.25, 0.3) is 5.91 Å². The van der Waals surface area contributed by atoms with E-state index >= 15 is 0 Å². The van der Waals surface area contributed by atoms with Crippen LogP contribution in [0.15, 0.2) is 82.4 Å². The maximum absolute atomic E-state index is 12.9. The summed E-state index contributed by atoms with van der Waals surface area (Å²) in [5.74, 6) is 0.996. The number of rotatable bonds is 6. The van der Waals surface area contributed by atoms with E-state index in [1.54, 1.807) is 18.2 Å². The van der Waals surface area contributed by atoms with Gasteiger partial charge < -0.3 is 13.8 Å². The SMILES string of the molecule is Cc1ccc(Cn2ccccc2=NC(=O)c2cccc(OCc3c(C)noc3C)c2)cc1. The summed E-state index contributed by atoms with van der Waals surface area (Å²) >= 11 is 0. The Bertz CT molecular complexity index is 1280. The van der Waals surface area contributed by atoms with Crippen molar-refractivity contribution in [2.75, 3.05) is 0 Å². The van der Waals surface area contributed by atoms with E-state index in [9.17, 15) is 4.79 Å². The van der Waals surface area contributed by atoms with Crippen molar-refractivity contribution in [3.05, 3.63) is 112 Å². The van der Waals surface area contributed by atoms with Gasteiger partial charge in [-0.2, -0.15) is 4.99 Å². The van der Waals surface area contributed by atoms with Crippen LogP contribution in [0.25, 0.3) is 0 Å². The highest BCUT2D eigenvalue weighted by molar-refractivity contribution is 5.95. The van der Waals surface area contributed by atoms with E-state index in [2.05, 4.69) is 41.3 Å². The molecule has 0 N–H and O–H groups in total. The molecule has 2 aromatic carbocycles. The Hall–Kier alpha value is -3.93. The molecule has 6 nitrogen and oxygen atoms in total. The van der Waals surface area contributed by atoms with E-state index in [1.165, 1.54) is 5.56 Å². The van der Waals surface area contributed by atoms with Crippen LogP contribution in [-0.4, -0.2) is 15.6 Å². The Morgan fingerprint density at radius 2 is 1.84 bits per heavy atom. The predicted molar refractivity (Wildman–Crippen MR) is 121 cm³/mol. The van der Waals surface area contributed by atoms with Gasteiger partial charge in [0.2, 0.25) is 0 Å². The Balaban J connectivity index is 1.54. The summed E-state index contributed by atoms with van der Waals surface area (Å²) in [5, 5.41) is 3.94. The minimum Gasteiger partial charge on any atom is -0.489 e. The summed E-state index contributed by atoms with van der Waals surface area (Å²) in [5.41, 5.74) is 5.13. The first kappa shape index (κ1) is 21.3. The Labute approximate surface area is 186 Å². The molecule has 1 amide bonds. The maximum Gasteiger partial charge on any atom is 0.279 e. The lowest BCUT2D eigenvalue weighted by Gasteiger charge is -2.08. The van der Waals surface area contributed by atoms with Crippen molar-refractivity contribution in [2.24, 2.45) is 4.99 Å². The van der Waals surface area contributed by atoms with Gasteiger partial charge in [-0.25, -0.2) is 0 Å². The van der Waals surface area contributed by atoms with Gasteiger partial charge in [-0.1, -0.05) is 47.1 Å². The highest BCUT2D eigenvalue weighted by Gasteiger charge is 2.11. The monoisotopic (exact) mass is 427 g/mol. The molecule has 0 atom stereocenters. The van der Waals surface area contributed by atoms with Gasteiger partial charge in [-0.15, -0.1) is 0 Å². The van der Waals surface area contributed by atoms with Crippen LogP contribution in [0.3, 0.4) is 0 Å². The number of amides is 1. The van der Waals surface area contributed by atoms with Gasteiger partial charge in [-0.3, -0.25) is 4.79 Å². The first-order valence-corrected chi connectivity index (χ1v) is 10.4. The summed E-state index contributed by atoms with van der Waals surface area (Å²) in [6.45, 7) is 6.74. The van der Waals surface area contributed by atoms with Crippen LogP contribution >= 0.6 is 0 Å². The second kappa shape index (κ2) is 9.47. The molecule has 0 fully saturated rings. The van der Waals surface area contributed by atoms with Crippen molar-refractivity contribution in [1.82, 2.24) is 9.72 Å². The van der Waals surface area contributed by atoms with Crippen molar-refractivity contribution in [3.8, 4) is 5.75 Å². The van der Waals surface area contributed by atoms with Crippen molar-refractivity contribution in [3.63, 3.8) is 0 Å². The number of aryl methyl sites for hydroxylation is 3. The molecule has 4 aromatic rings. The highest BCUT2D eigenvalue weighted by Crippen LogP contribution is 2.19. The number of hydrogen-bond donors (Lipinski definition) is 0. The van der Waals surface area contributed by atoms with Crippen molar-refractivity contribution in [1.29, 1.82) is 0 Å². The number of carbonyl (C=O) groups excluding carboxylic acids is 1. The molecule has 0 unspecified atom stereocenters. The molecule has 0 spiro atoms. The Morgan fingerprint density at radius 3 is 2.59 bits per heavy atom. The lowest BCUT2D eigenvalue weighted by molar-refractivity contribution is 0.0996. The third-order valence-corrected chi connectivity index (χ3v) is 5.25. The topological polar surface area (TPSA) is 69.6 Å². The summed E-state index contributed by atoms with van der Waals surface area (Å²) in [4.78, 5) is 17.3. The molecule has 0 aliphatic carbocycles. The van der Waals surface area contributed by atoms with Crippen LogP contribution in [0.5, 0.6) is 5.75 Å². The Kier molecular flexibility index (Phi) is 6.31. The molecule has 0 aliphatic heterocycles. The largest absolute Gasteiger partial charge is 0.489 e. The second-order valence-electron chi connectivity index (χ2n) is 7.71. The molecule has 2 aromatic heterocycles. The smallest absolute Gasteiger partial charge is 0.279 e. The fourth-order valence-electron chi connectivity index (χ4n) is 3.34. The van der Waals surface area contributed by atoms with E-state index < -0.39 is 0 Å². The zero-order valence-electron chi connectivity index (χ0n) is 18.4. The molecule has 0 aliphatic rings. The van der Waals surface area contributed by atoms with Crippen molar-refractivity contribution >= 4 is 5.91 Å². The average Bonchev–Trinajstić information content (AvgIpc) is 3.12. The van der Waals surface area contributed by atoms with Gasteiger partial charge in [0.05, 0.1) is 11.3 Å². The predicted octanol–water partition coefficient (Wildman–Crippen LogP) is 4.77. The fourth-order valence-corrected chi connectivity index (χ4v) is 3.34. The van der Waals surface area contributed by atoms with Crippen LogP contribution in [0.1, 0.15) is 38.5 Å². The molecule has 0 saturated heterocycles. The van der Waals surface area contributed by atoms with Crippen LogP contribution in [0.4, 0.5) is 0 Å². The molecule has 0 radical (unpaired) electrons. The molecule has 2 heterocycles. The third-order valence-electron chi connectivity index (χ3n) is 5.25. The molecule has 4 rings (SSSR count). The summed E-state index contributed by atoms with van der Waals surface area (Å²) in [6, 6.07) is 21.0. The van der Waals surface area contributed by atoms with E-state index in [-0.39, 0.29) is 5.91 Å². The normalized spacial score (nSPS) is 11.5. The van der Waals surface area contributed by atoms with Crippen molar-refractivity contribution < 1.29 is 14.1 Å². The van der Waals surface area contributed by atoms with Gasteiger partial charge in [0.15, 0.2) is 0 Å². The first-order valence-electron chi connectivity index (χ1n) is 10.4. The first-order chi connectivity index (χ1) is 15.5. The number of nitrogens with zero attached hydrogens (tertiary/aromatic N) is 3. The molecule has 0 bridgehead atoms. The number of hydrogen-bond acceptors (Lipinski definition) is 4. The van der Waals surface area contributed by atoms with E-state index in [4.69, 9.17) is 9.26 Å². The van der Waals surface area contributed by atoms with Crippen LogP contribution in [0.2, 0.25) is 0 Å². The maximum atomic E-state index is 12.9. The highest BCUT2D eigenvalue weighted by atomic mass is 16.5. The fraction of sp³-hybridized carbons (Fsp3) is 0.192. The van der Waals surface area contributed by atoms with E-state index in [0.29, 0.717) is 30.0 Å². The minimum absolute atomic E-state index is 0.323. The zero-order chi connectivity index (χ0) is 22.5. The summed E-state index contributed by atoms with van der Waals surface area (Å²) in [6.07, 6.45) is 1.93. The lowest BCUT2D eigenvalue weighted by Crippen LogP contribution is -2.22. The minimum atomic E-state index is -0.323. The molecule has 32 heavy (non-hydrogen) atoms. The van der Waals surface area contributed by atoms with Crippen molar-refractivity contribution in [2.45, 2.75) is 33.9 Å². The number of pyridine rings is 1. The molecule has 0 saturated carbocycles. The van der Waals surface area contributed by atoms with Gasteiger partial charge in [-0.05, 0) is 56.7 Å². The lowest BCUT2D eigenvalue weighted by atomic mass is 10.1. The zero-order valence-corrected chi connectivity index (χ0v) is 18.4. The number of ether oxygens (including phenoxy) is 1. The molecule has 162 valence electrons.